The zero-order valence-corrected chi connectivity index (χ0v) is 12.4. The second-order valence-corrected chi connectivity index (χ2v) is 5.42. The molecule has 0 aliphatic carbocycles. The fraction of sp³-hybridized carbons (Fsp3) is 0.500. The van der Waals surface area contributed by atoms with Gasteiger partial charge in [-0.1, -0.05) is 17.7 Å². The lowest BCUT2D eigenvalue weighted by Gasteiger charge is -2.15. The second kappa shape index (κ2) is 7.78. The first kappa shape index (κ1) is 15.5. The van der Waals surface area contributed by atoms with Gasteiger partial charge in [-0.3, -0.25) is 9.59 Å². The molecular weight excluding hydrogens is 266 g/mol. The number of carbonyl (C=O) groups is 2. The number of amides is 2. The lowest BCUT2D eigenvalue weighted by molar-refractivity contribution is -0.122. The van der Waals surface area contributed by atoms with Crippen molar-refractivity contribution < 1.29 is 9.59 Å². The Kier molecular flexibility index (Phi) is 5.75. The number of hydrogen-bond acceptors (Lipinski definition) is 3. The summed E-state index contributed by atoms with van der Waals surface area (Å²) in [7, 11) is 0. The molecule has 1 aliphatic rings. The molecule has 1 atom stereocenters. The van der Waals surface area contributed by atoms with E-state index in [2.05, 4.69) is 16.0 Å². The van der Waals surface area contributed by atoms with Crippen LogP contribution in [0.2, 0.25) is 0 Å². The standard InChI is InChI=1S/C16H23N3O2/c1-12-5-7-13(8-6-12)15(20)19-11-10-17-14-4-2-3-9-18-16(14)21/h5-8,14,17H,2-4,9-11H2,1H3,(H,18,21)(H,19,20). The molecule has 0 aromatic heterocycles. The second-order valence-electron chi connectivity index (χ2n) is 5.42. The molecule has 1 aromatic rings. The van der Waals surface area contributed by atoms with Crippen molar-refractivity contribution in [2.75, 3.05) is 19.6 Å². The van der Waals surface area contributed by atoms with Crippen LogP contribution in [-0.2, 0) is 4.79 Å². The Balaban J connectivity index is 1.70. The summed E-state index contributed by atoms with van der Waals surface area (Å²) in [5.41, 5.74) is 1.79. The monoisotopic (exact) mass is 289 g/mol. The molecule has 1 saturated heterocycles. The summed E-state index contributed by atoms with van der Waals surface area (Å²) in [6.07, 6.45) is 2.94. The maximum atomic E-state index is 11.9. The third-order valence-corrected chi connectivity index (χ3v) is 3.65. The average molecular weight is 289 g/mol. The largest absolute Gasteiger partial charge is 0.355 e. The van der Waals surface area contributed by atoms with Gasteiger partial charge in [0.15, 0.2) is 0 Å². The van der Waals surface area contributed by atoms with Crippen LogP contribution in [0.15, 0.2) is 24.3 Å². The molecule has 21 heavy (non-hydrogen) atoms. The minimum absolute atomic E-state index is 0.0670. The lowest BCUT2D eigenvalue weighted by atomic mass is 10.1. The van der Waals surface area contributed by atoms with E-state index in [1.54, 1.807) is 0 Å². The summed E-state index contributed by atoms with van der Waals surface area (Å²) in [5.74, 6) is -0.0144. The molecule has 3 N–H and O–H groups in total. The summed E-state index contributed by atoms with van der Waals surface area (Å²) < 4.78 is 0. The van der Waals surface area contributed by atoms with Crippen LogP contribution in [-0.4, -0.2) is 37.5 Å². The van der Waals surface area contributed by atoms with Gasteiger partial charge in [-0.25, -0.2) is 0 Å². The Hall–Kier alpha value is -1.88. The topological polar surface area (TPSA) is 70.2 Å². The minimum atomic E-state index is -0.135. The number of rotatable bonds is 5. The van der Waals surface area contributed by atoms with E-state index in [-0.39, 0.29) is 17.9 Å². The molecule has 1 aliphatic heterocycles. The molecule has 0 spiro atoms. The normalized spacial score (nSPS) is 18.7. The lowest BCUT2D eigenvalue weighted by Crippen LogP contribution is -2.45. The summed E-state index contributed by atoms with van der Waals surface area (Å²) in [4.78, 5) is 23.6. The predicted octanol–water partition coefficient (Wildman–Crippen LogP) is 0.983. The summed E-state index contributed by atoms with van der Waals surface area (Å²) in [6.45, 7) is 3.86. The van der Waals surface area contributed by atoms with Crippen molar-refractivity contribution in [3.63, 3.8) is 0 Å². The molecule has 114 valence electrons. The van der Waals surface area contributed by atoms with Gasteiger partial charge in [0.05, 0.1) is 6.04 Å². The van der Waals surface area contributed by atoms with Crippen LogP contribution in [0.5, 0.6) is 0 Å². The maximum Gasteiger partial charge on any atom is 0.251 e. The van der Waals surface area contributed by atoms with Crippen LogP contribution in [0.4, 0.5) is 0 Å². The Morgan fingerprint density at radius 3 is 2.76 bits per heavy atom. The molecule has 0 saturated carbocycles. The van der Waals surface area contributed by atoms with Gasteiger partial charge in [0.1, 0.15) is 0 Å². The van der Waals surface area contributed by atoms with Crippen molar-refractivity contribution in [1.82, 2.24) is 16.0 Å². The number of carbonyl (C=O) groups excluding carboxylic acids is 2. The fourth-order valence-corrected chi connectivity index (χ4v) is 2.36. The molecule has 0 radical (unpaired) electrons. The van der Waals surface area contributed by atoms with Crippen LogP contribution >= 0.6 is 0 Å². The molecule has 1 aromatic carbocycles. The molecule has 1 fully saturated rings. The van der Waals surface area contributed by atoms with Crippen molar-refractivity contribution in [1.29, 1.82) is 0 Å². The SMILES string of the molecule is Cc1ccc(C(=O)NCCNC2CCCCNC2=O)cc1. The first-order chi connectivity index (χ1) is 10.2. The van der Waals surface area contributed by atoms with Crippen LogP contribution in [0.3, 0.4) is 0 Å². The number of benzene rings is 1. The van der Waals surface area contributed by atoms with Crippen LogP contribution in [0.1, 0.15) is 35.2 Å². The smallest absolute Gasteiger partial charge is 0.251 e. The van der Waals surface area contributed by atoms with E-state index >= 15 is 0 Å². The van der Waals surface area contributed by atoms with Crippen LogP contribution in [0, 0.1) is 6.92 Å². The van der Waals surface area contributed by atoms with Crippen molar-refractivity contribution in [2.24, 2.45) is 0 Å². The van der Waals surface area contributed by atoms with Crippen LogP contribution in [0.25, 0.3) is 0 Å². The summed E-state index contributed by atoms with van der Waals surface area (Å²) in [6, 6.07) is 7.34. The van der Waals surface area contributed by atoms with Gasteiger partial charge in [0, 0.05) is 25.2 Å². The van der Waals surface area contributed by atoms with Gasteiger partial charge >= 0.3 is 0 Å². The van der Waals surface area contributed by atoms with Crippen molar-refractivity contribution in [3.8, 4) is 0 Å². The first-order valence-electron chi connectivity index (χ1n) is 7.53. The molecule has 5 heteroatoms. The molecular formula is C16H23N3O2. The highest BCUT2D eigenvalue weighted by Crippen LogP contribution is 2.05. The third-order valence-electron chi connectivity index (χ3n) is 3.65. The quantitative estimate of drug-likeness (QED) is 0.708. The number of hydrogen-bond donors (Lipinski definition) is 3. The van der Waals surface area contributed by atoms with Gasteiger partial charge in [0.25, 0.3) is 5.91 Å². The van der Waals surface area contributed by atoms with Crippen molar-refractivity contribution >= 4 is 11.8 Å². The molecule has 1 heterocycles. The van der Waals surface area contributed by atoms with E-state index in [1.165, 1.54) is 0 Å². The third kappa shape index (κ3) is 4.86. The van der Waals surface area contributed by atoms with Crippen molar-refractivity contribution in [2.45, 2.75) is 32.2 Å². The van der Waals surface area contributed by atoms with Crippen LogP contribution < -0.4 is 16.0 Å². The Labute approximate surface area is 125 Å². The van der Waals surface area contributed by atoms with Gasteiger partial charge in [-0.15, -0.1) is 0 Å². The van der Waals surface area contributed by atoms with E-state index in [1.807, 2.05) is 31.2 Å². The molecule has 2 amide bonds. The van der Waals surface area contributed by atoms with E-state index in [0.29, 0.717) is 18.7 Å². The van der Waals surface area contributed by atoms with Gasteiger partial charge < -0.3 is 16.0 Å². The summed E-state index contributed by atoms with van der Waals surface area (Å²) >= 11 is 0. The predicted molar refractivity (Wildman–Crippen MR) is 82.2 cm³/mol. The number of aryl methyl sites for hydroxylation is 1. The highest BCUT2D eigenvalue weighted by Gasteiger charge is 2.19. The van der Waals surface area contributed by atoms with E-state index in [4.69, 9.17) is 0 Å². The Bertz CT molecular complexity index is 485. The highest BCUT2D eigenvalue weighted by atomic mass is 16.2. The summed E-state index contributed by atoms with van der Waals surface area (Å²) in [5, 5.41) is 8.94. The zero-order chi connectivity index (χ0) is 15.1. The minimum Gasteiger partial charge on any atom is -0.355 e. The van der Waals surface area contributed by atoms with E-state index in [0.717, 1.165) is 31.4 Å². The Morgan fingerprint density at radius 2 is 2.00 bits per heavy atom. The fourth-order valence-electron chi connectivity index (χ4n) is 2.36. The van der Waals surface area contributed by atoms with E-state index in [9.17, 15) is 9.59 Å². The van der Waals surface area contributed by atoms with Gasteiger partial charge in [0.2, 0.25) is 5.91 Å². The highest BCUT2D eigenvalue weighted by molar-refractivity contribution is 5.94. The van der Waals surface area contributed by atoms with E-state index < -0.39 is 0 Å². The van der Waals surface area contributed by atoms with Gasteiger partial charge in [-0.05, 0) is 38.3 Å². The Morgan fingerprint density at radius 1 is 1.24 bits per heavy atom. The first-order valence-corrected chi connectivity index (χ1v) is 7.53. The molecule has 0 bridgehead atoms. The molecule has 5 nitrogen and oxygen atoms in total. The average Bonchev–Trinajstić information content (AvgIpc) is 2.69. The van der Waals surface area contributed by atoms with Crippen molar-refractivity contribution in [3.05, 3.63) is 35.4 Å². The number of nitrogens with one attached hydrogen (secondary N) is 3. The molecule has 2 rings (SSSR count). The van der Waals surface area contributed by atoms with Gasteiger partial charge in [-0.2, -0.15) is 0 Å². The maximum absolute atomic E-state index is 11.9. The molecule has 1 unspecified atom stereocenters. The zero-order valence-electron chi connectivity index (χ0n) is 12.4.